The summed E-state index contributed by atoms with van der Waals surface area (Å²) in [6.45, 7) is 4.78. The van der Waals surface area contributed by atoms with Crippen LogP contribution in [0.4, 0.5) is 0 Å². The molecule has 0 aromatic rings. The van der Waals surface area contributed by atoms with E-state index in [1.54, 1.807) is 12.0 Å². The molecule has 0 spiro atoms. The Morgan fingerprint density at radius 3 is 2.25 bits per heavy atom. The van der Waals surface area contributed by atoms with E-state index >= 15 is 0 Å². The summed E-state index contributed by atoms with van der Waals surface area (Å²) in [5, 5.41) is 1.53. The fraction of sp³-hybridized carbons (Fsp3) is 0.897. The second-order valence-corrected chi connectivity index (χ2v) is 15.4. The monoisotopic (exact) mass is 492 g/mol. The van der Waals surface area contributed by atoms with Gasteiger partial charge in [0, 0.05) is 5.66 Å². The smallest absolute Gasteiger partial charge is 0.000610 e. The summed E-state index contributed by atoms with van der Waals surface area (Å²) in [4.78, 5) is 0. The average Bonchev–Trinajstić information content (AvgIpc) is 2.81. The van der Waals surface area contributed by atoms with Crippen molar-refractivity contribution in [2.45, 2.75) is 121 Å². The van der Waals surface area contributed by atoms with E-state index in [0.717, 1.165) is 52.7 Å². The highest BCUT2D eigenvalue weighted by molar-refractivity contribution is 7.37. The molecular weight excluding hydrogens is 441 g/mol. The van der Waals surface area contributed by atoms with Crippen LogP contribution in [-0.4, -0.2) is 17.6 Å². The highest BCUT2D eigenvalue weighted by Crippen LogP contribution is 2.53. The Kier molecular flexibility index (Phi) is 9.81. The summed E-state index contributed by atoms with van der Waals surface area (Å²) in [5.74, 6) is 7.04. The second kappa shape index (κ2) is 12.1. The van der Waals surface area contributed by atoms with Gasteiger partial charge in [0.25, 0.3) is 0 Å². The summed E-state index contributed by atoms with van der Waals surface area (Å²) < 4.78 is 0. The Balaban J connectivity index is 1.49. The predicted molar refractivity (Wildman–Crippen MR) is 153 cm³/mol. The molecule has 0 bridgehead atoms. The van der Waals surface area contributed by atoms with E-state index in [2.05, 4.69) is 38.6 Å². The van der Waals surface area contributed by atoms with Crippen LogP contribution in [0.5, 0.6) is 0 Å². The van der Waals surface area contributed by atoms with E-state index in [4.69, 9.17) is 0 Å². The van der Waals surface area contributed by atoms with Gasteiger partial charge in [-0.15, -0.1) is 26.7 Å². The Hall–Kier alpha value is 0.770. The third-order valence-electron chi connectivity index (χ3n) is 10.4. The molecular formula is C29H51P3. The fourth-order valence-corrected chi connectivity index (χ4v) is 9.89. The lowest BCUT2D eigenvalue weighted by Crippen LogP contribution is -2.42. The van der Waals surface area contributed by atoms with Gasteiger partial charge in [0.1, 0.15) is 0 Å². The molecule has 182 valence electrons. The lowest BCUT2D eigenvalue weighted by Gasteiger charge is -2.50. The van der Waals surface area contributed by atoms with Crippen LogP contribution < -0.4 is 0 Å². The van der Waals surface area contributed by atoms with Gasteiger partial charge in [-0.25, -0.2) is 0 Å². The quantitative estimate of drug-likeness (QED) is 0.335. The third-order valence-corrected chi connectivity index (χ3v) is 12.4. The molecule has 8 unspecified atom stereocenters. The lowest BCUT2D eigenvalue weighted by molar-refractivity contribution is 0.0346. The van der Waals surface area contributed by atoms with Gasteiger partial charge >= 0.3 is 0 Å². The molecule has 0 aliphatic heterocycles. The van der Waals surface area contributed by atoms with Crippen molar-refractivity contribution in [2.75, 3.05) is 0 Å². The Bertz CT molecular complexity index is 633. The number of allylic oxidation sites excluding steroid dienone is 2. The minimum absolute atomic E-state index is 0.876. The maximum atomic E-state index is 4.35. The molecule has 8 atom stereocenters. The number of hydrogen-bond donors (Lipinski definition) is 0. The molecule has 0 aromatic carbocycles. The normalized spacial score (nSPS) is 43.9. The minimum atomic E-state index is 0.876. The molecule has 0 nitrogen and oxygen atoms in total. The fourth-order valence-electron chi connectivity index (χ4n) is 8.37. The largest absolute Gasteiger partial charge is 0.134 e. The lowest BCUT2D eigenvalue weighted by atomic mass is 9.58. The molecule has 4 saturated carbocycles. The van der Waals surface area contributed by atoms with Crippen LogP contribution in [-0.2, 0) is 0 Å². The molecule has 0 aromatic heterocycles. The first-order valence-corrected chi connectivity index (χ1v) is 16.5. The zero-order chi connectivity index (χ0) is 22.7. The minimum Gasteiger partial charge on any atom is -0.134 e. The molecule has 4 aliphatic rings. The summed E-state index contributed by atoms with van der Waals surface area (Å²) in [6.07, 6.45) is 26.6. The third kappa shape index (κ3) is 6.50. The van der Waals surface area contributed by atoms with E-state index in [9.17, 15) is 0 Å². The van der Waals surface area contributed by atoms with Crippen LogP contribution in [0.2, 0.25) is 0 Å². The van der Waals surface area contributed by atoms with Crippen molar-refractivity contribution < 1.29 is 0 Å². The van der Waals surface area contributed by atoms with Crippen LogP contribution >= 0.6 is 26.7 Å². The SMILES string of the molecule is C=PC1CCC(C2CCC(=C(C)P)CC2)C(C2CC(P)CCC2CC2CCC(C)CC2)C1. The topological polar surface area (TPSA) is 0 Å². The van der Waals surface area contributed by atoms with E-state index in [1.165, 1.54) is 103 Å². The molecule has 0 radical (unpaired) electrons. The van der Waals surface area contributed by atoms with Crippen molar-refractivity contribution >= 4 is 33.0 Å². The van der Waals surface area contributed by atoms with Crippen molar-refractivity contribution in [2.24, 2.45) is 41.4 Å². The van der Waals surface area contributed by atoms with E-state index in [-0.39, 0.29) is 0 Å². The van der Waals surface area contributed by atoms with Gasteiger partial charge < -0.3 is 0 Å². The van der Waals surface area contributed by atoms with Crippen molar-refractivity contribution in [3.8, 4) is 0 Å². The van der Waals surface area contributed by atoms with Gasteiger partial charge in [-0.2, -0.15) is 0 Å². The van der Waals surface area contributed by atoms with Crippen LogP contribution in [0, 0.1) is 41.4 Å². The Morgan fingerprint density at radius 2 is 1.59 bits per heavy atom. The molecule has 0 N–H and O–H groups in total. The maximum Gasteiger partial charge on any atom is 0.000610 e. The Labute approximate surface area is 206 Å². The first-order valence-electron chi connectivity index (χ1n) is 14.1. The van der Waals surface area contributed by atoms with Crippen molar-refractivity contribution in [3.05, 3.63) is 10.9 Å². The highest BCUT2D eigenvalue weighted by Gasteiger charge is 2.44. The number of rotatable bonds is 5. The summed E-state index contributed by atoms with van der Waals surface area (Å²) in [6, 6.07) is 0. The molecule has 0 saturated heterocycles. The first kappa shape index (κ1) is 25.9. The van der Waals surface area contributed by atoms with Gasteiger partial charge in [0.05, 0.1) is 0 Å². The summed E-state index contributed by atoms with van der Waals surface area (Å²) >= 11 is 0. The molecule has 4 rings (SSSR count). The summed E-state index contributed by atoms with van der Waals surface area (Å²) in [5.41, 5.74) is 3.51. The molecule has 32 heavy (non-hydrogen) atoms. The van der Waals surface area contributed by atoms with Crippen molar-refractivity contribution in [1.29, 1.82) is 0 Å². The van der Waals surface area contributed by atoms with Crippen LogP contribution in [0.3, 0.4) is 0 Å². The number of hydrogen-bond acceptors (Lipinski definition) is 0. The second-order valence-electron chi connectivity index (χ2n) is 12.5. The molecule has 3 heteroatoms. The van der Waals surface area contributed by atoms with Crippen LogP contribution in [0.1, 0.15) is 110 Å². The first-order chi connectivity index (χ1) is 15.4. The maximum absolute atomic E-state index is 4.35. The van der Waals surface area contributed by atoms with Crippen LogP contribution in [0.25, 0.3) is 0 Å². The van der Waals surface area contributed by atoms with E-state index < -0.39 is 0 Å². The predicted octanol–water partition coefficient (Wildman–Crippen LogP) is 9.37. The van der Waals surface area contributed by atoms with Crippen LogP contribution in [0.15, 0.2) is 10.9 Å². The molecule has 0 amide bonds. The summed E-state index contributed by atoms with van der Waals surface area (Å²) in [7, 11) is 7.66. The van der Waals surface area contributed by atoms with Crippen molar-refractivity contribution in [3.63, 3.8) is 0 Å². The average molecular weight is 493 g/mol. The van der Waals surface area contributed by atoms with Gasteiger partial charge in [-0.1, -0.05) is 49.8 Å². The van der Waals surface area contributed by atoms with E-state index in [1.807, 2.05) is 0 Å². The molecule has 0 heterocycles. The zero-order valence-electron chi connectivity index (χ0n) is 21.1. The zero-order valence-corrected chi connectivity index (χ0v) is 24.3. The van der Waals surface area contributed by atoms with Gasteiger partial charge in [-0.05, 0) is 125 Å². The molecule has 4 aliphatic carbocycles. The Morgan fingerprint density at radius 1 is 0.875 bits per heavy atom. The standard InChI is InChI=1S/C29H51P3/c1-19-4-6-21(7-5-19)16-24-12-13-25(31)17-28(24)29-18-26(32-3)14-15-27(29)23-10-8-22(9-11-23)20(2)30/h19,21,23-29H,3-18,30-31H2,1-2H3. The highest BCUT2D eigenvalue weighted by atomic mass is 31.1. The van der Waals surface area contributed by atoms with E-state index in [0.29, 0.717) is 0 Å². The van der Waals surface area contributed by atoms with Gasteiger partial charge in [-0.3, -0.25) is 0 Å². The van der Waals surface area contributed by atoms with Crippen molar-refractivity contribution in [1.82, 2.24) is 0 Å². The van der Waals surface area contributed by atoms with Gasteiger partial charge in [0.15, 0.2) is 0 Å². The molecule has 4 fully saturated rings. The van der Waals surface area contributed by atoms with Gasteiger partial charge in [0.2, 0.25) is 0 Å².